The van der Waals surface area contributed by atoms with E-state index >= 15 is 0 Å². The molecule has 3 unspecified atom stereocenters. The molecule has 2 rings (SSSR count). The molecule has 2 N–H and O–H groups in total. The van der Waals surface area contributed by atoms with E-state index in [-0.39, 0.29) is 36.0 Å². The van der Waals surface area contributed by atoms with Crippen LogP contribution in [0.3, 0.4) is 0 Å². The van der Waals surface area contributed by atoms with Crippen LogP contribution in [-0.4, -0.2) is 53.0 Å². The van der Waals surface area contributed by atoms with E-state index in [0.717, 1.165) is 0 Å². The van der Waals surface area contributed by atoms with Gasteiger partial charge in [0.05, 0.1) is 23.8 Å². The van der Waals surface area contributed by atoms with Crippen LogP contribution in [-0.2, 0) is 9.53 Å². The lowest BCUT2D eigenvalue weighted by Gasteiger charge is -2.40. The first-order valence-electron chi connectivity index (χ1n) is 8.28. The van der Waals surface area contributed by atoms with Crippen LogP contribution in [0.25, 0.3) is 0 Å². The Labute approximate surface area is 142 Å². The highest BCUT2D eigenvalue weighted by molar-refractivity contribution is 5.95. The van der Waals surface area contributed by atoms with E-state index in [4.69, 9.17) is 4.74 Å². The molecule has 2 amide bonds. The van der Waals surface area contributed by atoms with Crippen LogP contribution in [0.15, 0.2) is 24.5 Å². The van der Waals surface area contributed by atoms with Gasteiger partial charge >= 0.3 is 0 Å². The van der Waals surface area contributed by atoms with E-state index in [9.17, 15) is 9.59 Å². The fraction of sp³-hybridized carbons (Fsp3) is 0.588. The first-order chi connectivity index (χ1) is 11.4. The monoisotopic (exact) mass is 334 g/mol. The van der Waals surface area contributed by atoms with Crippen molar-refractivity contribution in [2.45, 2.75) is 45.9 Å². The first-order valence-corrected chi connectivity index (χ1v) is 8.28. The molecule has 0 spiro atoms. The van der Waals surface area contributed by atoms with Crippen LogP contribution in [0.1, 0.15) is 38.1 Å². The van der Waals surface area contributed by atoms with Gasteiger partial charge in [0, 0.05) is 25.5 Å². The zero-order chi connectivity index (χ0) is 17.7. The molecular weight excluding hydrogens is 308 g/mol. The van der Waals surface area contributed by atoms with Crippen molar-refractivity contribution in [2.24, 2.45) is 5.92 Å². The number of nitrogens with zero attached hydrogens (tertiary/aromatic N) is 2. The lowest BCUT2D eigenvalue weighted by atomic mass is 10.00. The zero-order valence-electron chi connectivity index (χ0n) is 14.7. The van der Waals surface area contributed by atoms with Crippen molar-refractivity contribution in [2.75, 3.05) is 13.1 Å². The van der Waals surface area contributed by atoms with Crippen molar-refractivity contribution < 1.29 is 14.3 Å². The Hall–Kier alpha value is -1.99. The minimum absolute atomic E-state index is 0.0767. The number of aromatic nitrogens is 1. The van der Waals surface area contributed by atoms with Crippen molar-refractivity contribution >= 4 is 11.8 Å². The maximum atomic E-state index is 12.6. The number of ether oxygens (including phenoxy) is 1. The summed E-state index contributed by atoms with van der Waals surface area (Å²) >= 11 is 0. The van der Waals surface area contributed by atoms with Gasteiger partial charge in [-0.05, 0) is 31.9 Å². The molecule has 1 fully saturated rings. The summed E-state index contributed by atoms with van der Waals surface area (Å²) in [5, 5.41) is 0. The number of carbonyl (C=O) groups excluding carboxylic acids is 2. The van der Waals surface area contributed by atoms with Gasteiger partial charge in [-0.2, -0.15) is 0 Å². The van der Waals surface area contributed by atoms with E-state index in [2.05, 4.69) is 20.7 Å². The summed E-state index contributed by atoms with van der Waals surface area (Å²) in [6, 6.07) is 2.98. The molecule has 7 heteroatoms. The third-order valence-corrected chi connectivity index (χ3v) is 3.96. The second-order valence-corrected chi connectivity index (χ2v) is 6.59. The van der Waals surface area contributed by atoms with Crippen molar-refractivity contribution in [1.29, 1.82) is 0 Å². The first kappa shape index (κ1) is 18.4. The molecule has 1 aromatic heterocycles. The second kappa shape index (κ2) is 8.21. The molecule has 0 bridgehead atoms. The summed E-state index contributed by atoms with van der Waals surface area (Å²) in [7, 11) is 0. The van der Waals surface area contributed by atoms with Gasteiger partial charge in [0.15, 0.2) is 0 Å². The van der Waals surface area contributed by atoms with Gasteiger partial charge in [-0.1, -0.05) is 13.8 Å². The Morgan fingerprint density at radius 2 is 1.92 bits per heavy atom. The van der Waals surface area contributed by atoms with Gasteiger partial charge < -0.3 is 4.74 Å². The van der Waals surface area contributed by atoms with Gasteiger partial charge in [-0.3, -0.25) is 30.3 Å². The third-order valence-electron chi connectivity index (χ3n) is 3.96. The molecule has 7 nitrogen and oxygen atoms in total. The topological polar surface area (TPSA) is 83.6 Å². The lowest BCUT2D eigenvalue weighted by Crippen LogP contribution is -2.59. The van der Waals surface area contributed by atoms with Gasteiger partial charge in [-0.25, -0.2) is 0 Å². The molecule has 132 valence electrons. The number of amides is 2. The highest BCUT2D eigenvalue weighted by Crippen LogP contribution is 2.18. The molecule has 1 aromatic rings. The number of rotatable bonds is 4. The smallest absolute Gasteiger partial charge is 0.271 e. The number of hydrogen-bond donors (Lipinski definition) is 2. The fourth-order valence-corrected chi connectivity index (χ4v) is 3.10. The third kappa shape index (κ3) is 4.75. The maximum absolute atomic E-state index is 12.6. The summed E-state index contributed by atoms with van der Waals surface area (Å²) < 4.78 is 5.73. The van der Waals surface area contributed by atoms with E-state index < -0.39 is 0 Å². The Kier molecular flexibility index (Phi) is 6.28. The SMILES string of the molecule is CC1CN(C(C(=O)NNC(=O)c2cccnc2)C(C)C)CC(C)O1. The van der Waals surface area contributed by atoms with Crippen LogP contribution in [0.5, 0.6) is 0 Å². The predicted octanol–water partition coefficient (Wildman–Crippen LogP) is 0.976. The summed E-state index contributed by atoms with van der Waals surface area (Å²) in [5.41, 5.74) is 5.40. The average Bonchev–Trinajstić information content (AvgIpc) is 2.52. The highest BCUT2D eigenvalue weighted by Gasteiger charge is 2.34. The number of nitrogens with one attached hydrogen (secondary N) is 2. The largest absolute Gasteiger partial charge is 0.373 e. The summed E-state index contributed by atoms with van der Waals surface area (Å²) in [5.74, 6) is -0.496. The molecule has 0 saturated carbocycles. The quantitative estimate of drug-likeness (QED) is 0.802. The van der Waals surface area contributed by atoms with Gasteiger partial charge in [0.2, 0.25) is 0 Å². The number of hydrazine groups is 1. The van der Waals surface area contributed by atoms with Crippen LogP contribution >= 0.6 is 0 Å². The Morgan fingerprint density at radius 3 is 2.46 bits per heavy atom. The Morgan fingerprint density at radius 1 is 1.25 bits per heavy atom. The minimum atomic E-state index is -0.386. The molecule has 0 radical (unpaired) electrons. The van der Waals surface area contributed by atoms with E-state index in [1.54, 1.807) is 18.3 Å². The van der Waals surface area contributed by atoms with Crippen LogP contribution in [0, 0.1) is 5.92 Å². The Bertz CT molecular complexity index is 554. The molecule has 0 aromatic carbocycles. The minimum Gasteiger partial charge on any atom is -0.373 e. The molecule has 2 heterocycles. The zero-order valence-corrected chi connectivity index (χ0v) is 14.7. The standard InChI is InChI=1S/C17H26N4O3/c1-11(2)15(21-9-12(3)24-13(4)10-21)17(23)20-19-16(22)14-6-5-7-18-8-14/h5-8,11-13,15H,9-10H2,1-4H3,(H,19,22)(H,20,23). The molecular formula is C17H26N4O3. The molecule has 0 aliphatic carbocycles. The molecule has 1 saturated heterocycles. The summed E-state index contributed by atoms with van der Waals surface area (Å²) in [6.45, 7) is 9.38. The van der Waals surface area contributed by atoms with Crippen molar-refractivity contribution in [1.82, 2.24) is 20.7 Å². The lowest BCUT2D eigenvalue weighted by molar-refractivity contribution is -0.136. The number of pyridine rings is 1. The van der Waals surface area contributed by atoms with Crippen molar-refractivity contribution in [3.05, 3.63) is 30.1 Å². The van der Waals surface area contributed by atoms with E-state index in [1.807, 2.05) is 27.7 Å². The number of hydrogen-bond acceptors (Lipinski definition) is 5. The van der Waals surface area contributed by atoms with Gasteiger partial charge in [0.25, 0.3) is 11.8 Å². The van der Waals surface area contributed by atoms with Crippen molar-refractivity contribution in [3.63, 3.8) is 0 Å². The van der Waals surface area contributed by atoms with Crippen LogP contribution in [0.2, 0.25) is 0 Å². The maximum Gasteiger partial charge on any atom is 0.271 e. The van der Waals surface area contributed by atoms with Crippen LogP contribution in [0.4, 0.5) is 0 Å². The van der Waals surface area contributed by atoms with Crippen LogP contribution < -0.4 is 10.9 Å². The molecule has 24 heavy (non-hydrogen) atoms. The normalized spacial score (nSPS) is 22.9. The Balaban J connectivity index is 1.98. The molecule has 3 atom stereocenters. The summed E-state index contributed by atoms with van der Waals surface area (Å²) in [6.07, 6.45) is 3.19. The number of carbonyl (C=O) groups is 2. The average molecular weight is 334 g/mol. The van der Waals surface area contributed by atoms with E-state index in [0.29, 0.717) is 18.7 Å². The van der Waals surface area contributed by atoms with E-state index in [1.165, 1.54) is 6.20 Å². The molecule has 1 aliphatic rings. The highest BCUT2D eigenvalue weighted by atomic mass is 16.5. The van der Waals surface area contributed by atoms with Gasteiger partial charge in [0.1, 0.15) is 0 Å². The predicted molar refractivity (Wildman–Crippen MR) is 90.1 cm³/mol. The van der Waals surface area contributed by atoms with Crippen molar-refractivity contribution in [3.8, 4) is 0 Å². The fourth-order valence-electron chi connectivity index (χ4n) is 3.10. The summed E-state index contributed by atoms with van der Waals surface area (Å²) in [4.78, 5) is 30.6. The van der Waals surface area contributed by atoms with Gasteiger partial charge in [-0.15, -0.1) is 0 Å². The molecule has 1 aliphatic heterocycles. The second-order valence-electron chi connectivity index (χ2n) is 6.59. The number of morpholine rings is 1.